The van der Waals surface area contributed by atoms with Gasteiger partial charge in [0.25, 0.3) is 0 Å². The summed E-state index contributed by atoms with van der Waals surface area (Å²) in [6, 6.07) is 8.42. The van der Waals surface area contributed by atoms with Crippen LogP contribution < -0.4 is 0 Å². The minimum Gasteiger partial charge on any atom is -0.303 e. The van der Waals surface area contributed by atoms with E-state index in [9.17, 15) is 4.79 Å². The zero-order valence-electron chi connectivity index (χ0n) is 7.40. The molecule has 0 aromatic heterocycles. The van der Waals surface area contributed by atoms with Crippen molar-refractivity contribution in [1.82, 2.24) is 0 Å². The van der Waals surface area contributed by atoms with Gasteiger partial charge in [-0.3, -0.25) is 0 Å². The average molecular weight is 192 g/mol. The van der Waals surface area contributed by atoms with Crippen LogP contribution in [0, 0.1) is 0 Å². The Labute approximate surface area is 82.5 Å². The number of aldehydes is 1. The molecule has 1 aromatic carbocycles. The Morgan fingerprint density at radius 1 is 1.46 bits per heavy atom. The number of benzene rings is 1. The molecular formula is C11H12OS. The molecule has 1 atom stereocenters. The lowest BCUT2D eigenvalue weighted by atomic mass is 9.93. The average Bonchev–Trinajstić information content (AvgIpc) is 2.19. The summed E-state index contributed by atoms with van der Waals surface area (Å²) in [4.78, 5) is 11.8. The molecule has 1 heterocycles. The smallest absolute Gasteiger partial charge is 0.120 e. The van der Waals surface area contributed by atoms with Crippen molar-refractivity contribution in [3.8, 4) is 0 Å². The standard InChI is InChI=1S/C11H12OS/c12-7-5-9-6-8-13-11-4-2-1-3-10(9)11/h1-4,7,9H,5-6,8H2. The van der Waals surface area contributed by atoms with Crippen LogP contribution in [0.5, 0.6) is 0 Å². The van der Waals surface area contributed by atoms with E-state index in [0.29, 0.717) is 12.3 Å². The lowest BCUT2D eigenvalue weighted by Gasteiger charge is -2.22. The van der Waals surface area contributed by atoms with Crippen molar-refractivity contribution in [3.05, 3.63) is 29.8 Å². The summed E-state index contributed by atoms with van der Waals surface area (Å²) in [6.07, 6.45) is 2.86. The van der Waals surface area contributed by atoms with Crippen molar-refractivity contribution in [3.63, 3.8) is 0 Å². The van der Waals surface area contributed by atoms with Gasteiger partial charge in [-0.05, 0) is 29.7 Å². The molecule has 68 valence electrons. The van der Waals surface area contributed by atoms with E-state index in [1.807, 2.05) is 11.8 Å². The van der Waals surface area contributed by atoms with E-state index in [1.165, 1.54) is 10.5 Å². The molecule has 0 fully saturated rings. The number of rotatable bonds is 2. The fourth-order valence-electron chi connectivity index (χ4n) is 1.78. The van der Waals surface area contributed by atoms with Crippen molar-refractivity contribution < 1.29 is 4.79 Å². The summed E-state index contributed by atoms with van der Waals surface area (Å²) >= 11 is 1.90. The fourth-order valence-corrected chi connectivity index (χ4v) is 2.98. The van der Waals surface area contributed by atoms with Gasteiger partial charge in [0.15, 0.2) is 0 Å². The maximum absolute atomic E-state index is 10.5. The number of carbonyl (C=O) groups excluding carboxylic acids is 1. The second kappa shape index (κ2) is 3.97. The van der Waals surface area contributed by atoms with E-state index in [-0.39, 0.29) is 0 Å². The molecule has 0 aliphatic carbocycles. The molecule has 1 aliphatic heterocycles. The topological polar surface area (TPSA) is 17.1 Å². The van der Waals surface area contributed by atoms with Crippen molar-refractivity contribution in [2.75, 3.05) is 5.75 Å². The molecule has 13 heavy (non-hydrogen) atoms. The first-order valence-corrected chi connectivity index (χ1v) is 5.55. The van der Waals surface area contributed by atoms with Crippen molar-refractivity contribution >= 4 is 18.0 Å². The second-order valence-electron chi connectivity index (χ2n) is 3.27. The van der Waals surface area contributed by atoms with Gasteiger partial charge in [0.1, 0.15) is 6.29 Å². The van der Waals surface area contributed by atoms with Gasteiger partial charge in [-0.2, -0.15) is 0 Å². The first-order valence-electron chi connectivity index (χ1n) is 4.57. The maximum Gasteiger partial charge on any atom is 0.120 e. The minimum atomic E-state index is 0.468. The molecule has 1 aromatic rings. The van der Waals surface area contributed by atoms with E-state index in [1.54, 1.807) is 0 Å². The van der Waals surface area contributed by atoms with E-state index in [0.717, 1.165) is 18.5 Å². The summed E-state index contributed by atoms with van der Waals surface area (Å²) in [5.41, 5.74) is 1.37. The normalized spacial score (nSPS) is 20.8. The molecule has 0 saturated carbocycles. The molecule has 1 unspecified atom stereocenters. The first kappa shape index (κ1) is 8.82. The van der Waals surface area contributed by atoms with Crippen LogP contribution in [0.25, 0.3) is 0 Å². The summed E-state index contributed by atoms with van der Waals surface area (Å²) in [7, 11) is 0. The van der Waals surface area contributed by atoms with Crippen LogP contribution in [0.3, 0.4) is 0 Å². The van der Waals surface area contributed by atoms with Gasteiger partial charge in [0.05, 0.1) is 0 Å². The highest BCUT2D eigenvalue weighted by Gasteiger charge is 2.19. The quantitative estimate of drug-likeness (QED) is 0.670. The third kappa shape index (κ3) is 1.78. The summed E-state index contributed by atoms with van der Waals surface area (Å²) in [6.45, 7) is 0. The molecule has 0 bridgehead atoms. The molecule has 1 aliphatic rings. The minimum absolute atomic E-state index is 0.468. The summed E-state index contributed by atoms with van der Waals surface area (Å²) < 4.78 is 0. The Morgan fingerprint density at radius 2 is 2.31 bits per heavy atom. The molecule has 0 amide bonds. The van der Waals surface area contributed by atoms with E-state index >= 15 is 0 Å². The largest absolute Gasteiger partial charge is 0.303 e. The second-order valence-corrected chi connectivity index (χ2v) is 4.41. The molecule has 2 heteroatoms. The Hall–Kier alpha value is -0.760. The molecular weight excluding hydrogens is 180 g/mol. The number of hydrogen-bond donors (Lipinski definition) is 0. The van der Waals surface area contributed by atoms with E-state index in [4.69, 9.17) is 0 Å². The predicted octanol–water partition coefficient (Wildman–Crippen LogP) is 2.86. The molecule has 0 N–H and O–H groups in total. The van der Waals surface area contributed by atoms with Crippen LogP contribution in [0.15, 0.2) is 29.2 Å². The summed E-state index contributed by atoms with van der Waals surface area (Å²) in [5, 5.41) is 0. The number of fused-ring (bicyclic) bond motifs is 1. The number of hydrogen-bond acceptors (Lipinski definition) is 2. The van der Waals surface area contributed by atoms with Crippen molar-refractivity contribution in [1.29, 1.82) is 0 Å². The lowest BCUT2D eigenvalue weighted by Crippen LogP contribution is -2.07. The van der Waals surface area contributed by atoms with Crippen LogP contribution in [0.4, 0.5) is 0 Å². The zero-order chi connectivity index (χ0) is 9.10. The number of thioether (sulfide) groups is 1. The van der Waals surface area contributed by atoms with Gasteiger partial charge < -0.3 is 4.79 Å². The lowest BCUT2D eigenvalue weighted by molar-refractivity contribution is -0.108. The Balaban J connectivity index is 2.31. The highest BCUT2D eigenvalue weighted by Crippen LogP contribution is 2.38. The fraction of sp³-hybridized carbons (Fsp3) is 0.364. The molecule has 0 saturated heterocycles. The molecule has 0 radical (unpaired) electrons. The molecule has 1 nitrogen and oxygen atoms in total. The SMILES string of the molecule is O=CCC1CCSc2ccccc21. The zero-order valence-corrected chi connectivity index (χ0v) is 8.22. The van der Waals surface area contributed by atoms with E-state index in [2.05, 4.69) is 24.3 Å². The predicted molar refractivity (Wildman–Crippen MR) is 55.2 cm³/mol. The third-order valence-electron chi connectivity index (χ3n) is 2.46. The van der Waals surface area contributed by atoms with Gasteiger partial charge in [-0.15, -0.1) is 11.8 Å². The molecule has 2 rings (SSSR count). The van der Waals surface area contributed by atoms with Crippen LogP contribution in [0.2, 0.25) is 0 Å². The van der Waals surface area contributed by atoms with Gasteiger partial charge in [-0.1, -0.05) is 18.2 Å². The van der Waals surface area contributed by atoms with Crippen LogP contribution in [-0.2, 0) is 4.79 Å². The first-order chi connectivity index (χ1) is 6.42. The number of carbonyl (C=O) groups is 1. The van der Waals surface area contributed by atoms with Gasteiger partial charge in [-0.25, -0.2) is 0 Å². The van der Waals surface area contributed by atoms with Crippen LogP contribution >= 0.6 is 11.8 Å². The van der Waals surface area contributed by atoms with Gasteiger partial charge in [0, 0.05) is 11.3 Å². The maximum atomic E-state index is 10.5. The third-order valence-corrected chi connectivity index (χ3v) is 3.59. The van der Waals surface area contributed by atoms with E-state index < -0.39 is 0 Å². The van der Waals surface area contributed by atoms with Crippen LogP contribution in [-0.4, -0.2) is 12.0 Å². The monoisotopic (exact) mass is 192 g/mol. The highest BCUT2D eigenvalue weighted by molar-refractivity contribution is 7.99. The van der Waals surface area contributed by atoms with Crippen molar-refractivity contribution in [2.45, 2.75) is 23.7 Å². The Morgan fingerprint density at radius 3 is 3.15 bits per heavy atom. The Kier molecular flexibility index (Phi) is 2.69. The van der Waals surface area contributed by atoms with Crippen molar-refractivity contribution in [2.24, 2.45) is 0 Å². The summed E-state index contributed by atoms with van der Waals surface area (Å²) in [5.74, 6) is 1.62. The Bertz CT molecular complexity index is 309. The van der Waals surface area contributed by atoms with Gasteiger partial charge in [0.2, 0.25) is 0 Å². The van der Waals surface area contributed by atoms with Gasteiger partial charge >= 0.3 is 0 Å². The highest BCUT2D eigenvalue weighted by atomic mass is 32.2. The van der Waals surface area contributed by atoms with Crippen LogP contribution in [0.1, 0.15) is 24.3 Å². The molecule has 0 spiro atoms.